The molecule has 0 bridgehead atoms. The van der Waals surface area contributed by atoms with E-state index in [9.17, 15) is 30.3 Å². The molecule has 0 amide bonds. The summed E-state index contributed by atoms with van der Waals surface area (Å²) in [5.41, 5.74) is 0.862. The second kappa shape index (κ2) is 8.05. The minimum atomic E-state index is -1.56. The van der Waals surface area contributed by atoms with E-state index >= 15 is 0 Å². The van der Waals surface area contributed by atoms with Crippen LogP contribution in [-0.4, -0.2) is 62.8 Å². The standard InChI is InChI=1S/C21H20O9/c22-8-16-18(25)19(26)20(27)21(30-16)29-12-5-6-13-15(7-12)28-9-14(17(13)24)10-1-3-11(23)4-2-10/h1-7,9,16,18-23,25-27H,8H2/t16?,18-,19+,20?,21-/m1/s1. The SMILES string of the molecule is O=c1c(-c2ccc(O)cc2)coc2cc(O[C@@H]3OC(CO)[C@@H](O)[C@H](O)C3O)ccc12. The minimum Gasteiger partial charge on any atom is -0.508 e. The highest BCUT2D eigenvalue weighted by Crippen LogP contribution is 2.27. The average molecular weight is 416 g/mol. The lowest BCUT2D eigenvalue weighted by Crippen LogP contribution is -2.60. The maximum Gasteiger partial charge on any atom is 0.229 e. The van der Waals surface area contributed by atoms with Gasteiger partial charge in [0.05, 0.1) is 17.6 Å². The number of benzene rings is 2. The van der Waals surface area contributed by atoms with Gasteiger partial charge < -0.3 is 39.4 Å². The largest absolute Gasteiger partial charge is 0.508 e. The van der Waals surface area contributed by atoms with Crippen LogP contribution in [0, 0.1) is 0 Å². The summed E-state index contributed by atoms with van der Waals surface area (Å²) in [4.78, 5) is 12.8. The average Bonchev–Trinajstić information content (AvgIpc) is 2.75. The molecule has 4 rings (SSSR count). The Morgan fingerprint density at radius 1 is 0.967 bits per heavy atom. The van der Waals surface area contributed by atoms with Crippen molar-refractivity contribution in [1.82, 2.24) is 0 Å². The van der Waals surface area contributed by atoms with Crippen LogP contribution in [0.15, 0.2) is 57.9 Å². The van der Waals surface area contributed by atoms with Gasteiger partial charge in [0.25, 0.3) is 0 Å². The molecule has 1 saturated heterocycles. The fourth-order valence-corrected chi connectivity index (χ4v) is 3.32. The summed E-state index contributed by atoms with van der Waals surface area (Å²) in [6.07, 6.45) is -5.75. The van der Waals surface area contributed by atoms with Crippen molar-refractivity contribution in [2.45, 2.75) is 30.7 Å². The normalized spacial score (nSPS) is 26.6. The molecule has 1 fully saturated rings. The van der Waals surface area contributed by atoms with Gasteiger partial charge in [0.15, 0.2) is 5.43 Å². The van der Waals surface area contributed by atoms with Crippen LogP contribution in [0.5, 0.6) is 11.5 Å². The van der Waals surface area contributed by atoms with Crippen LogP contribution in [0.1, 0.15) is 0 Å². The first-order valence-electron chi connectivity index (χ1n) is 9.21. The van der Waals surface area contributed by atoms with Crippen LogP contribution in [-0.2, 0) is 4.74 Å². The fourth-order valence-electron chi connectivity index (χ4n) is 3.32. The molecule has 0 aliphatic carbocycles. The highest BCUT2D eigenvalue weighted by molar-refractivity contribution is 5.82. The number of aliphatic hydroxyl groups is 4. The third-order valence-corrected chi connectivity index (χ3v) is 5.03. The lowest BCUT2D eigenvalue weighted by Gasteiger charge is -2.39. The van der Waals surface area contributed by atoms with Gasteiger partial charge in [-0.3, -0.25) is 4.79 Å². The van der Waals surface area contributed by atoms with Crippen molar-refractivity contribution in [3.63, 3.8) is 0 Å². The van der Waals surface area contributed by atoms with Gasteiger partial charge in [-0.25, -0.2) is 0 Å². The van der Waals surface area contributed by atoms with Crippen molar-refractivity contribution in [2.24, 2.45) is 0 Å². The van der Waals surface area contributed by atoms with Gasteiger partial charge in [-0.15, -0.1) is 0 Å². The quantitative estimate of drug-likeness (QED) is 0.406. The van der Waals surface area contributed by atoms with Crippen molar-refractivity contribution in [3.05, 3.63) is 59.0 Å². The molecule has 5 N–H and O–H groups in total. The Morgan fingerprint density at radius 3 is 2.40 bits per heavy atom. The van der Waals surface area contributed by atoms with E-state index in [0.717, 1.165) is 0 Å². The molecular weight excluding hydrogens is 396 g/mol. The van der Waals surface area contributed by atoms with Crippen LogP contribution in [0.4, 0.5) is 0 Å². The molecule has 0 spiro atoms. The van der Waals surface area contributed by atoms with E-state index in [1.807, 2.05) is 0 Å². The molecule has 9 heteroatoms. The van der Waals surface area contributed by atoms with Crippen LogP contribution in [0.25, 0.3) is 22.1 Å². The molecule has 1 aliphatic rings. The molecule has 0 saturated carbocycles. The summed E-state index contributed by atoms with van der Waals surface area (Å²) in [6.45, 7) is -0.572. The number of hydrogen-bond acceptors (Lipinski definition) is 9. The van der Waals surface area contributed by atoms with Gasteiger partial charge in [-0.2, -0.15) is 0 Å². The minimum absolute atomic E-state index is 0.0823. The summed E-state index contributed by atoms with van der Waals surface area (Å²) < 4.78 is 16.4. The summed E-state index contributed by atoms with van der Waals surface area (Å²) in [5.74, 6) is 0.270. The predicted octanol–water partition coefficient (Wildman–Crippen LogP) is 0.344. The molecule has 1 aliphatic heterocycles. The zero-order valence-electron chi connectivity index (χ0n) is 15.6. The maximum atomic E-state index is 12.8. The number of phenols is 1. The van der Waals surface area contributed by atoms with Crippen molar-refractivity contribution < 1.29 is 39.4 Å². The van der Waals surface area contributed by atoms with Crippen LogP contribution in [0.2, 0.25) is 0 Å². The summed E-state index contributed by atoms with van der Waals surface area (Å²) in [7, 11) is 0. The third kappa shape index (κ3) is 3.64. The van der Waals surface area contributed by atoms with Crippen molar-refractivity contribution >= 4 is 11.0 Å². The molecule has 9 nitrogen and oxygen atoms in total. The topological polar surface area (TPSA) is 150 Å². The molecule has 2 aromatic carbocycles. The van der Waals surface area contributed by atoms with Crippen molar-refractivity contribution in [1.29, 1.82) is 0 Å². The van der Waals surface area contributed by atoms with Crippen LogP contribution >= 0.6 is 0 Å². The number of ether oxygens (including phenoxy) is 2. The Morgan fingerprint density at radius 2 is 1.70 bits per heavy atom. The molecule has 5 atom stereocenters. The smallest absolute Gasteiger partial charge is 0.229 e. The number of aromatic hydroxyl groups is 1. The molecular formula is C21H20O9. The Balaban J connectivity index is 1.62. The maximum absolute atomic E-state index is 12.8. The van der Waals surface area contributed by atoms with E-state index in [1.165, 1.54) is 36.6 Å². The fraction of sp³-hybridized carbons (Fsp3) is 0.286. The number of rotatable bonds is 4. The van der Waals surface area contributed by atoms with Crippen molar-refractivity contribution in [2.75, 3.05) is 6.61 Å². The summed E-state index contributed by atoms with van der Waals surface area (Å²) in [6, 6.07) is 10.5. The second-order valence-corrected chi connectivity index (χ2v) is 7.00. The Labute approximate surface area is 170 Å². The molecule has 2 heterocycles. The molecule has 158 valence electrons. The van der Waals surface area contributed by atoms with Gasteiger partial charge in [0.1, 0.15) is 47.8 Å². The number of aliphatic hydroxyl groups excluding tert-OH is 4. The van der Waals surface area contributed by atoms with Gasteiger partial charge in [-0.05, 0) is 29.8 Å². The van der Waals surface area contributed by atoms with Crippen LogP contribution in [0.3, 0.4) is 0 Å². The number of fused-ring (bicyclic) bond motifs is 1. The molecule has 1 aromatic heterocycles. The zero-order chi connectivity index (χ0) is 21.4. The van der Waals surface area contributed by atoms with E-state index in [2.05, 4.69) is 0 Å². The molecule has 0 radical (unpaired) electrons. The van der Waals surface area contributed by atoms with E-state index in [4.69, 9.17) is 13.9 Å². The van der Waals surface area contributed by atoms with E-state index in [1.54, 1.807) is 12.1 Å². The molecule has 2 unspecified atom stereocenters. The third-order valence-electron chi connectivity index (χ3n) is 5.03. The predicted molar refractivity (Wildman–Crippen MR) is 104 cm³/mol. The Hall–Kier alpha value is -2.95. The first kappa shape index (κ1) is 20.3. The van der Waals surface area contributed by atoms with E-state index < -0.39 is 37.3 Å². The first-order valence-corrected chi connectivity index (χ1v) is 9.21. The molecule has 3 aromatic rings. The highest BCUT2D eigenvalue weighted by Gasteiger charge is 2.44. The lowest BCUT2D eigenvalue weighted by molar-refractivity contribution is -0.277. The van der Waals surface area contributed by atoms with E-state index in [-0.39, 0.29) is 22.5 Å². The highest BCUT2D eigenvalue weighted by atomic mass is 16.7. The summed E-state index contributed by atoms with van der Waals surface area (Å²) in [5, 5.41) is 48.7. The van der Waals surface area contributed by atoms with Gasteiger partial charge >= 0.3 is 0 Å². The lowest BCUT2D eigenvalue weighted by atomic mass is 9.99. The monoisotopic (exact) mass is 416 g/mol. The van der Waals surface area contributed by atoms with Gasteiger partial charge in [0.2, 0.25) is 6.29 Å². The van der Waals surface area contributed by atoms with Gasteiger partial charge in [-0.1, -0.05) is 12.1 Å². The second-order valence-electron chi connectivity index (χ2n) is 7.00. The first-order chi connectivity index (χ1) is 14.4. The van der Waals surface area contributed by atoms with Crippen LogP contribution < -0.4 is 10.2 Å². The Bertz CT molecular complexity index is 1090. The summed E-state index contributed by atoms with van der Waals surface area (Å²) >= 11 is 0. The van der Waals surface area contributed by atoms with Crippen molar-refractivity contribution in [3.8, 4) is 22.6 Å². The molecule has 30 heavy (non-hydrogen) atoms. The van der Waals surface area contributed by atoms with Gasteiger partial charge in [0, 0.05) is 6.07 Å². The number of hydrogen-bond donors (Lipinski definition) is 5. The van der Waals surface area contributed by atoms with E-state index in [0.29, 0.717) is 16.5 Å². The zero-order valence-corrected chi connectivity index (χ0v) is 15.6. The number of phenolic OH excluding ortho intramolecular Hbond substituents is 1. The Kier molecular flexibility index (Phi) is 5.46.